The van der Waals surface area contributed by atoms with Crippen LogP contribution in [0.15, 0.2) is 6.33 Å². The van der Waals surface area contributed by atoms with Crippen LogP contribution in [0.5, 0.6) is 0 Å². The zero-order valence-corrected chi connectivity index (χ0v) is 13.3. The number of carbonyl (C=O) groups excluding carboxylic acids is 2. The van der Waals surface area contributed by atoms with Crippen LogP contribution in [0.1, 0.15) is 38.5 Å². The quantitative estimate of drug-likeness (QED) is 0.853. The zero-order chi connectivity index (χ0) is 16.2. The Kier molecular flexibility index (Phi) is 4.88. The van der Waals surface area contributed by atoms with Gasteiger partial charge in [0.25, 0.3) is 0 Å². The second-order valence-corrected chi connectivity index (χ2v) is 6.75. The molecule has 1 saturated carbocycles. The highest BCUT2D eigenvalue weighted by atomic mass is 16.2. The van der Waals surface area contributed by atoms with E-state index in [0.717, 1.165) is 32.2 Å². The third kappa shape index (κ3) is 3.86. The molecule has 1 aromatic heterocycles. The molecule has 0 bridgehead atoms. The zero-order valence-electron chi connectivity index (χ0n) is 13.3. The predicted molar refractivity (Wildman–Crippen MR) is 81.8 cm³/mol. The van der Waals surface area contributed by atoms with Crippen molar-refractivity contribution in [1.29, 1.82) is 0 Å². The van der Waals surface area contributed by atoms with Crippen LogP contribution in [0.25, 0.3) is 0 Å². The first-order chi connectivity index (χ1) is 11.1. The van der Waals surface area contributed by atoms with E-state index in [2.05, 4.69) is 15.5 Å². The van der Waals surface area contributed by atoms with Gasteiger partial charge in [0.2, 0.25) is 11.8 Å². The molecule has 0 atom stereocenters. The Balaban J connectivity index is 1.44. The van der Waals surface area contributed by atoms with E-state index in [1.54, 1.807) is 11.0 Å². The van der Waals surface area contributed by atoms with E-state index in [9.17, 15) is 9.59 Å². The van der Waals surface area contributed by atoms with Crippen molar-refractivity contribution in [3.05, 3.63) is 6.33 Å². The molecule has 1 aliphatic carbocycles. The van der Waals surface area contributed by atoms with Gasteiger partial charge in [-0.25, -0.2) is 4.68 Å². The first-order valence-electron chi connectivity index (χ1n) is 8.42. The van der Waals surface area contributed by atoms with E-state index in [0.29, 0.717) is 31.8 Å². The molecule has 2 aliphatic rings. The summed E-state index contributed by atoms with van der Waals surface area (Å²) in [6, 6.07) is 0. The number of hydrogen-bond donors (Lipinski definition) is 1. The highest BCUT2D eigenvalue weighted by Crippen LogP contribution is 2.31. The highest BCUT2D eigenvalue weighted by Gasteiger charge is 2.32. The second kappa shape index (κ2) is 7.06. The molecule has 0 spiro atoms. The molecule has 1 aliphatic heterocycles. The molecule has 126 valence electrons. The maximum absolute atomic E-state index is 12.6. The number of carbonyl (C=O) groups is 2. The number of hydrogen-bond acceptors (Lipinski definition) is 5. The van der Waals surface area contributed by atoms with Crippen LogP contribution in [0, 0.1) is 17.8 Å². The Bertz CT molecular complexity index is 530. The van der Waals surface area contributed by atoms with Gasteiger partial charge in [0.15, 0.2) is 0 Å². The summed E-state index contributed by atoms with van der Waals surface area (Å²) in [7, 11) is 0. The molecule has 8 heteroatoms. The van der Waals surface area contributed by atoms with Crippen LogP contribution in [0.2, 0.25) is 0 Å². The topological polar surface area (TPSA) is 107 Å². The van der Waals surface area contributed by atoms with Crippen LogP contribution in [0.3, 0.4) is 0 Å². The predicted octanol–water partition coefficient (Wildman–Crippen LogP) is 0.203. The van der Waals surface area contributed by atoms with Crippen LogP contribution >= 0.6 is 0 Å². The molecule has 2 amide bonds. The summed E-state index contributed by atoms with van der Waals surface area (Å²) in [5.74, 6) is 0.633. The number of aromatic nitrogens is 4. The van der Waals surface area contributed by atoms with E-state index >= 15 is 0 Å². The SMILES string of the molecule is NC(=O)C1CCN(C(=O)C2CCC(Cn3cnnn3)CC2)CC1. The molecule has 3 rings (SSSR count). The lowest BCUT2D eigenvalue weighted by molar-refractivity contribution is -0.139. The third-order valence-corrected chi connectivity index (χ3v) is 5.24. The number of nitrogens with two attached hydrogens (primary N) is 1. The average Bonchev–Trinajstić information content (AvgIpc) is 3.08. The number of amides is 2. The van der Waals surface area contributed by atoms with Crippen molar-refractivity contribution >= 4 is 11.8 Å². The Labute approximate surface area is 135 Å². The van der Waals surface area contributed by atoms with Crippen molar-refractivity contribution in [3.63, 3.8) is 0 Å². The van der Waals surface area contributed by atoms with Crippen molar-refractivity contribution in [2.75, 3.05) is 13.1 Å². The van der Waals surface area contributed by atoms with Gasteiger partial charge in [-0.05, 0) is 54.9 Å². The first kappa shape index (κ1) is 15.9. The maximum atomic E-state index is 12.6. The summed E-state index contributed by atoms with van der Waals surface area (Å²) >= 11 is 0. The largest absolute Gasteiger partial charge is 0.369 e. The summed E-state index contributed by atoms with van der Waals surface area (Å²) < 4.78 is 1.77. The molecule has 2 N–H and O–H groups in total. The monoisotopic (exact) mass is 320 g/mol. The fraction of sp³-hybridized carbons (Fsp3) is 0.800. The van der Waals surface area contributed by atoms with Crippen LogP contribution in [0.4, 0.5) is 0 Å². The summed E-state index contributed by atoms with van der Waals surface area (Å²) in [6.07, 6.45) is 6.98. The van der Waals surface area contributed by atoms with Crippen LogP contribution < -0.4 is 5.73 Å². The molecule has 2 heterocycles. The standard InChI is InChI=1S/C15H24N6O2/c16-14(22)12-5-7-20(8-6-12)15(23)13-3-1-11(2-4-13)9-21-10-17-18-19-21/h10-13H,1-9H2,(H2,16,22). The van der Waals surface area contributed by atoms with Crippen molar-refractivity contribution in [2.45, 2.75) is 45.1 Å². The van der Waals surface area contributed by atoms with Crippen molar-refractivity contribution < 1.29 is 9.59 Å². The molecule has 1 aromatic rings. The van der Waals surface area contributed by atoms with E-state index in [1.807, 2.05) is 4.90 Å². The molecule has 23 heavy (non-hydrogen) atoms. The van der Waals surface area contributed by atoms with Gasteiger partial charge < -0.3 is 10.6 Å². The first-order valence-corrected chi connectivity index (χ1v) is 8.42. The van der Waals surface area contributed by atoms with Gasteiger partial charge in [0, 0.05) is 31.5 Å². The third-order valence-electron chi connectivity index (χ3n) is 5.24. The summed E-state index contributed by atoms with van der Waals surface area (Å²) in [4.78, 5) is 25.7. The van der Waals surface area contributed by atoms with Gasteiger partial charge >= 0.3 is 0 Å². The van der Waals surface area contributed by atoms with Gasteiger partial charge in [-0.15, -0.1) is 5.10 Å². The van der Waals surface area contributed by atoms with Gasteiger partial charge in [-0.1, -0.05) is 0 Å². The van der Waals surface area contributed by atoms with E-state index in [-0.39, 0.29) is 23.7 Å². The fourth-order valence-corrected chi connectivity index (χ4v) is 3.76. The van der Waals surface area contributed by atoms with Crippen molar-refractivity contribution in [2.24, 2.45) is 23.5 Å². The molecule has 0 aromatic carbocycles. The van der Waals surface area contributed by atoms with Gasteiger partial charge in [0.05, 0.1) is 0 Å². The minimum absolute atomic E-state index is 0.0638. The van der Waals surface area contributed by atoms with Crippen molar-refractivity contribution in [3.8, 4) is 0 Å². The lowest BCUT2D eigenvalue weighted by Crippen LogP contribution is -2.44. The Morgan fingerprint density at radius 1 is 1.04 bits per heavy atom. The molecule has 8 nitrogen and oxygen atoms in total. The summed E-state index contributed by atoms with van der Waals surface area (Å²) in [6.45, 7) is 2.16. The highest BCUT2D eigenvalue weighted by molar-refractivity contribution is 5.80. The maximum Gasteiger partial charge on any atom is 0.225 e. The van der Waals surface area contributed by atoms with Crippen molar-refractivity contribution in [1.82, 2.24) is 25.1 Å². The smallest absolute Gasteiger partial charge is 0.225 e. The van der Waals surface area contributed by atoms with Gasteiger partial charge in [-0.2, -0.15) is 0 Å². The molecule has 0 radical (unpaired) electrons. The number of primary amides is 1. The Morgan fingerprint density at radius 3 is 2.30 bits per heavy atom. The molecular weight excluding hydrogens is 296 g/mol. The molecule has 1 saturated heterocycles. The minimum Gasteiger partial charge on any atom is -0.369 e. The lowest BCUT2D eigenvalue weighted by atomic mass is 9.81. The number of piperidine rings is 1. The number of rotatable bonds is 4. The van der Waals surface area contributed by atoms with E-state index in [4.69, 9.17) is 5.73 Å². The Morgan fingerprint density at radius 2 is 1.74 bits per heavy atom. The molecule has 2 fully saturated rings. The summed E-state index contributed by atoms with van der Waals surface area (Å²) in [5.41, 5.74) is 5.34. The van der Waals surface area contributed by atoms with E-state index in [1.165, 1.54) is 0 Å². The second-order valence-electron chi connectivity index (χ2n) is 6.75. The Hall–Kier alpha value is -1.99. The van der Waals surface area contributed by atoms with Crippen LogP contribution in [-0.4, -0.2) is 50.0 Å². The fourth-order valence-electron chi connectivity index (χ4n) is 3.76. The van der Waals surface area contributed by atoms with Gasteiger partial charge in [0.1, 0.15) is 6.33 Å². The average molecular weight is 320 g/mol. The molecule has 0 unspecified atom stereocenters. The summed E-state index contributed by atoms with van der Waals surface area (Å²) in [5, 5.41) is 11.2. The van der Waals surface area contributed by atoms with Gasteiger partial charge in [-0.3, -0.25) is 9.59 Å². The number of likely N-dealkylation sites (tertiary alicyclic amines) is 1. The lowest BCUT2D eigenvalue weighted by Gasteiger charge is -2.35. The van der Waals surface area contributed by atoms with E-state index < -0.39 is 0 Å². The number of tetrazole rings is 1. The van der Waals surface area contributed by atoms with Crippen LogP contribution in [-0.2, 0) is 16.1 Å². The number of nitrogens with zero attached hydrogens (tertiary/aromatic N) is 5. The molecular formula is C15H24N6O2. The normalized spacial score (nSPS) is 26.2. The minimum atomic E-state index is -0.236.